The Morgan fingerprint density at radius 1 is 1.38 bits per heavy atom. The zero-order valence-corrected chi connectivity index (χ0v) is 10.1. The van der Waals surface area contributed by atoms with Gasteiger partial charge in [0, 0.05) is 35.4 Å². The molecule has 0 aliphatic rings. The third-order valence-electron chi connectivity index (χ3n) is 2.36. The van der Waals surface area contributed by atoms with E-state index in [0.29, 0.717) is 6.04 Å². The molecule has 1 unspecified atom stereocenters. The number of hydrogen-bond acceptors (Lipinski definition) is 4. The lowest BCUT2D eigenvalue weighted by molar-refractivity contribution is 0.547. The van der Waals surface area contributed by atoms with Gasteiger partial charge in [0.15, 0.2) is 0 Å². The van der Waals surface area contributed by atoms with Gasteiger partial charge in [-0.3, -0.25) is 0 Å². The van der Waals surface area contributed by atoms with Crippen molar-refractivity contribution in [2.75, 3.05) is 0 Å². The monoisotopic (exact) mass is 233 g/mol. The number of rotatable bonds is 5. The summed E-state index contributed by atoms with van der Waals surface area (Å²) in [6.07, 6.45) is 6.32. The smallest absolute Gasteiger partial charge is 0.115 e. The van der Waals surface area contributed by atoms with Gasteiger partial charge in [-0.25, -0.2) is 9.97 Å². The summed E-state index contributed by atoms with van der Waals surface area (Å²) >= 11 is 1.81. The molecule has 4 heteroatoms. The first-order valence-corrected chi connectivity index (χ1v) is 6.22. The number of thiophene rings is 1. The van der Waals surface area contributed by atoms with Gasteiger partial charge in [-0.05, 0) is 24.8 Å². The second-order valence-corrected chi connectivity index (χ2v) is 4.84. The zero-order chi connectivity index (χ0) is 11.2. The van der Waals surface area contributed by atoms with Crippen LogP contribution in [0.5, 0.6) is 0 Å². The van der Waals surface area contributed by atoms with E-state index < -0.39 is 0 Å². The fourth-order valence-electron chi connectivity index (χ4n) is 1.52. The molecule has 0 radical (unpaired) electrons. The fraction of sp³-hybridized carbons (Fsp3) is 0.333. The maximum atomic E-state index is 3.99. The van der Waals surface area contributed by atoms with Gasteiger partial charge in [0.25, 0.3) is 0 Å². The largest absolute Gasteiger partial charge is 0.310 e. The quantitative estimate of drug-likeness (QED) is 0.860. The van der Waals surface area contributed by atoms with Crippen LogP contribution in [0.25, 0.3) is 0 Å². The van der Waals surface area contributed by atoms with Gasteiger partial charge in [0.1, 0.15) is 6.33 Å². The average molecular weight is 233 g/mol. The highest BCUT2D eigenvalue weighted by Gasteiger charge is 2.03. The molecule has 3 nitrogen and oxygen atoms in total. The van der Waals surface area contributed by atoms with Crippen molar-refractivity contribution in [1.29, 1.82) is 0 Å². The molecule has 2 rings (SSSR count). The molecular formula is C12H15N3S. The SMILES string of the molecule is CC(Cc1cccs1)NCc1cncnc1. The van der Waals surface area contributed by atoms with Gasteiger partial charge < -0.3 is 5.32 Å². The number of aromatic nitrogens is 2. The Balaban J connectivity index is 1.78. The Labute approximate surface area is 99.6 Å². The third-order valence-corrected chi connectivity index (χ3v) is 3.25. The summed E-state index contributed by atoms with van der Waals surface area (Å²) in [7, 11) is 0. The zero-order valence-electron chi connectivity index (χ0n) is 9.26. The molecule has 84 valence electrons. The second kappa shape index (κ2) is 5.72. The Bertz CT molecular complexity index is 399. The van der Waals surface area contributed by atoms with Crippen molar-refractivity contribution >= 4 is 11.3 Å². The van der Waals surface area contributed by atoms with Crippen LogP contribution in [0.2, 0.25) is 0 Å². The van der Waals surface area contributed by atoms with Crippen molar-refractivity contribution in [2.45, 2.75) is 25.9 Å². The normalized spacial score (nSPS) is 12.6. The minimum absolute atomic E-state index is 0.471. The maximum Gasteiger partial charge on any atom is 0.115 e. The van der Waals surface area contributed by atoms with E-state index in [1.807, 2.05) is 23.7 Å². The molecular weight excluding hydrogens is 218 g/mol. The first-order chi connectivity index (χ1) is 7.84. The molecule has 0 saturated heterocycles. The van der Waals surface area contributed by atoms with Crippen LogP contribution in [0.3, 0.4) is 0 Å². The summed E-state index contributed by atoms with van der Waals surface area (Å²) in [4.78, 5) is 9.40. The van der Waals surface area contributed by atoms with Gasteiger partial charge in [-0.15, -0.1) is 11.3 Å². The lowest BCUT2D eigenvalue weighted by Crippen LogP contribution is -2.27. The highest BCUT2D eigenvalue weighted by Crippen LogP contribution is 2.11. The van der Waals surface area contributed by atoms with Crippen molar-refractivity contribution in [3.63, 3.8) is 0 Å². The Hall–Kier alpha value is -1.26. The van der Waals surface area contributed by atoms with Crippen LogP contribution < -0.4 is 5.32 Å². The molecule has 0 fully saturated rings. The predicted octanol–water partition coefficient (Wildman–Crippen LogP) is 2.26. The number of nitrogens with one attached hydrogen (secondary N) is 1. The number of hydrogen-bond donors (Lipinski definition) is 1. The highest BCUT2D eigenvalue weighted by atomic mass is 32.1. The Morgan fingerprint density at radius 2 is 2.19 bits per heavy atom. The highest BCUT2D eigenvalue weighted by molar-refractivity contribution is 7.09. The molecule has 1 atom stereocenters. The van der Waals surface area contributed by atoms with Crippen molar-refractivity contribution in [2.24, 2.45) is 0 Å². The Kier molecular flexibility index (Phi) is 4.02. The molecule has 0 bridgehead atoms. The fourth-order valence-corrected chi connectivity index (χ4v) is 2.35. The van der Waals surface area contributed by atoms with E-state index in [1.54, 1.807) is 6.33 Å². The van der Waals surface area contributed by atoms with Crippen molar-refractivity contribution in [3.05, 3.63) is 46.7 Å². The lowest BCUT2D eigenvalue weighted by atomic mass is 10.2. The topological polar surface area (TPSA) is 37.8 Å². The summed E-state index contributed by atoms with van der Waals surface area (Å²) < 4.78 is 0. The van der Waals surface area contributed by atoms with Gasteiger partial charge >= 0.3 is 0 Å². The standard InChI is InChI=1S/C12H15N3S/c1-10(5-12-3-2-4-16-12)15-8-11-6-13-9-14-7-11/h2-4,6-7,9-10,15H,5,8H2,1H3. The Morgan fingerprint density at radius 3 is 2.88 bits per heavy atom. The molecule has 2 aromatic rings. The van der Waals surface area contributed by atoms with Gasteiger partial charge in [0.05, 0.1) is 0 Å². The van der Waals surface area contributed by atoms with E-state index in [1.165, 1.54) is 4.88 Å². The first-order valence-electron chi connectivity index (χ1n) is 5.34. The van der Waals surface area contributed by atoms with Gasteiger partial charge in [-0.2, -0.15) is 0 Å². The molecule has 0 spiro atoms. The molecule has 16 heavy (non-hydrogen) atoms. The minimum atomic E-state index is 0.471. The maximum absolute atomic E-state index is 3.99. The minimum Gasteiger partial charge on any atom is -0.310 e. The van der Waals surface area contributed by atoms with Crippen molar-refractivity contribution < 1.29 is 0 Å². The predicted molar refractivity (Wildman–Crippen MR) is 66.4 cm³/mol. The lowest BCUT2D eigenvalue weighted by Gasteiger charge is -2.12. The first kappa shape index (κ1) is 11.2. The van der Waals surface area contributed by atoms with Crippen molar-refractivity contribution in [1.82, 2.24) is 15.3 Å². The van der Waals surface area contributed by atoms with Crippen LogP contribution in [0.4, 0.5) is 0 Å². The third kappa shape index (κ3) is 3.40. The van der Waals surface area contributed by atoms with E-state index in [9.17, 15) is 0 Å². The second-order valence-electron chi connectivity index (χ2n) is 3.81. The summed E-state index contributed by atoms with van der Waals surface area (Å²) in [5.74, 6) is 0. The van der Waals surface area contributed by atoms with Crippen LogP contribution in [0, 0.1) is 0 Å². The van der Waals surface area contributed by atoms with Crippen LogP contribution in [0.15, 0.2) is 36.2 Å². The van der Waals surface area contributed by atoms with Gasteiger partial charge in [0.2, 0.25) is 0 Å². The molecule has 0 aliphatic carbocycles. The summed E-state index contributed by atoms with van der Waals surface area (Å²) in [6.45, 7) is 3.02. The summed E-state index contributed by atoms with van der Waals surface area (Å²) in [6, 6.07) is 4.74. The molecule has 0 amide bonds. The molecule has 2 heterocycles. The van der Waals surface area contributed by atoms with E-state index in [-0.39, 0.29) is 0 Å². The van der Waals surface area contributed by atoms with E-state index in [2.05, 4.69) is 39.7 Å². The van der Waals surface area contributed by atoms with E-state index in [4.69, 9.17) is 0 Å². The molecule has 0 aliphatic heterocycles. The van der Waals surface area contributed by atoms with Gasteiger partial charge in [-0.1, -0.05) is 6.07 Å². The van der Waals surface area contributed by atoms with E-state index in [0.717, 1.165) is 18.5 Å². The molecule has 0 aromatic carbocycles. The van der Waals surface area contributed by atoms with E-state index >= 15 is 0 Å². The van der Waals surface area contributed by atoms with Crippen LogP contribution in [0.1, 0.15) is 17.4 Å². The molecule has 0 saturated carbocycles. The molecule has 1 N–H and O–H groups in total. The summed E-state index contributed by atoms with van der Waals surface area (Å²) in [5, 5.41) is 5.58. The van der Waals surface area contributed by atoms with Crippen LogP contribution in [-0.2, 0) is 13.0 Å². The average Bonchev–Trinajstić information content (AvgIpc) is 2.81. The summed E-state index contributed by atoms with van der Waals surface area (Å²) in [5.41, 5.74) is 1.13. The van der Waals surface area contributed by atoms with Crippen LogP contribution in [-0.4, -0.2) is 16.0 Å². The van der Waals surface area contributed by atoms with Crippen LogP contribution >= 0.6 is 11.3 Å². The number of nitrogens with zero attached hydrogens (tertiary/aromatic N) is 2. The van der Waals surface area contributed by atoms with Crippen molar-refractivity contribution in [3.8, 4) is 0 Å². The molecule has 2 aromatic heterocycles.